The topological polar surface area (TPSA) is 120 Å². The Morgan fingerprint density at radius 2 is 1.84 bits per heavy atom. The average molecular weight is 506 g/mol. The zero-order valence-corrected chi connectivity index (χ0v) is 20.8. The van der Waals surface area contributed by atoms with Gasteiger partial charge < -0.3 is 29.4 Å². The molecule has 0 spiro atoms. The first-order valence-corrected chi connectivity index (χ1v) is 12.0. The van der Waals surface area contributed by atoms with Crippen molar-refractivity contribution in [1.29, 1.82) is 0 Å². The number of nitrogens with one attached hydrogen (secondary N) is 1. The second-order valence-corrected chi connectivity index (χ2v) is 10.5. The van der Waals surface area contributed by atoms with Gasteiger partial charge in [-0.1, -0.05) is 6.07 Å². The smallest absolute Gasteiger partial charge is 0.384 e. The highest BCUT2D eigenvalue weighted by Gasteiger charge is 2.52. The number of benzene rings is 2. The zero-order chi connectivity index (χ0) is 26.4. The van der Waals surface area contributed by atoms with E-state index >= 15 is 0 Å². The minimum Gasteiger partial charge on any atom is -0.457 e. The number of hydrogen-bond acceptors (Lipinski definition) is 8. The number of aliphatic hydroxyl groups is 1. The molecule has 0 radical (unpaired) electrons. The molecule has 1 amide bonds. The van der Waals surface area contributed by atoms with Crippen LogP contribution >= 0.6 is 0 Å². The maximum Gasteiger partial charge on any atom is 0.384 e. The van der Waals surface area contributed by atoms with Crippen LogP contribution in [0.3, 0.4) is 0 Å². The van der Waals surface area contributed by atoms with E-state index in [1.54, 1.807) is 45.0 Å². The second kappa shape index (κ2) is 8.82. The van der Waals surface area contributed by atoms with E-state index in [1.807, 2.05) is 12.1 Å². The number of amides is 1. The fourth-order valence-corrected chi connectivity index (χ4v) is 4.52. The molecule has 5 rings (SSSR count). The number of hydrogen-bond donors (Lipinski definition) is 2. The van der Waals surface area contributed by atoms with Crippen molar-refractivity contribution in [1.82, 2.24) is 0 Å². The van der Waals surface area contributed by atoms with Gasteiger partial charge in [0.15, 0.2) is 11.5 Å². The van der Waals surface area contributed by atoms with Crippen LogP contribution < -0.4 is 14.8 Å². The van der Waals surface area contributed by atoms with Crippen molar-refractivity contribution in [3.63, 3.8) is 0 Å². The molecule has 1 unspecified atom stereocenters. The molecule has 0 saturated heterocycles. The third-order valence-corrected chi connectivity index (χ3v) is 6.52. The van der Waals surface area contributed by atoms with E-state index in [9.17, 15) is 19.5 Å². The first-order valence-electron chi connectivity index (χ1n) is 12.0. The fourth-order valence-electron chi connectivity index (χ4n) is 4.52. The Morgan fingerprint density at radius 1 is 1.08 bits per heavy atom. The Labute approximate surface area is 214 Å². The maximum absolute atomic E-state index is 13.5. The predicted molar refractivity (Wildman–Crippen MR) is 131 cm³/mol. The van der Waals surface area contributed by atoms with Crippen LogP contribution in [0, 0.1) is 11.8 Å². The van der Waals surface area contributed by atoms with Crippen molar-refractivity contribution in [3.05, 3.63) is 53.1 Å². The number of ether oxygens (including phenoxy) is 4. The molecule has 1 saturated carbocycles. The Bertz CT molecular complexity index is 1360. The fraction of sp³-hybridized carbons (Fsp3) is 0.393. The third-order valence-electron chi connectivity index (χ3n) is 6.52. The molecule has 9 nitrogen and oxygen atoms in total. The minimum absolute atomic E-state index is 0.0478. The molecule has 1 fully saturated rings. The van der Waals surface area contributed by atoms with Crippen molar-refractivity contribution < 1.29 is 38.4 Å². The predicted octanol–water partition coefficient (Wildman–Crippen LogP) is 3.22. The van der Waals surface area contributed by atoms with Crippen LogP contribution in [-0.4, -0.2) is 40.9 Å². The van der Waals surface area contributed by atoms with Gasteiger partial charge in [-0.05, 0) is 80.8 Å². The van der Waals surface area contributed by atoms with Gasteiger partial charge in [0, 0.05) is 23.6 Å². The summed E-state index contributed by atoms with van der Waals surface area (Å²) in [6, 6.07) is 10.3. The summed E-state index contributed by atoms with van der Waals surface area (Å²) in [5, 5.41) is 14.3. The van der Waals surface area contributed by atoms with Crippen molar-refractivity contribution in [2.24, 2.45) is 0 Å². The lowest BCUT2D eigenvalue weighted by Gasteiger charge is -2.27. The van der Waals surface area contributed by atoms with Crippen LogP contribution in [-0.2, 0) is 31.1 Å². The number of fused-ring (bicyclic) bond motifs is 2. The largest absolute Gasteiger partial charge is 0.457 e. The molecular formula is C28H27NO8. The van der Waals surface area contributed by atoms with E-state index in [0.717, 1.165) is 5.56 Å². The summed E-state index contributed by atoms with van der Waals surface area (Å²) in [4.78, 5) is 37.5. The molecule has 2 aromatic carbocycles. The van der Waals surface area contributed by atoms with Gasteiger partial charge in [-0.3, -0.25) is 4.79 Å². The van der Waals surface area contributed by atoms with Gasteiger partial charge in [-0.25, -0.2) is 9.59 Å². The van der Waals surface area contributed by atoms with Gasteiger partial charge in [-0.15, -0.1) is 0 Å². The number of esters is 2. The van der Waals surface area contributed by atoms with E-state index in [0.29, 0.717) is 41.2 Å². The molecule has 2 aliphatic heterocycles. The normalized spacial score (nSPS) is 18.0. The molecule has 2 N–H and O–H groups in total. The average Bonchev–Trinajstić information content (AvgIpc) is 3.28. The molecular weight excluding hydrogens is 478 g/mol. The maximum atomic E-state index is 13.5. The van der Waals surface area contributed by atoms with E-state index in [4.69, 9.17) is 18.9 Å². The number of cyclic esters (lactones) is 1. The molecule has 2 heterocycles. The summed E-state index contributed by atoms with van der Waals surface area (Å²) in [6.45, 7) is 5.34. The van der Waals surface area contributed by atoms with Gasteiger partial charge in [-0.2, -0.15) is 0 Å². The lowest BCUT2D eigenvalue weighted by atomic mass is 9.82. The van der Waals surface area contributed by atoms with Crippen LogP contribution in [0.15, 0.2) is 36.4 Å². The van der Waals surface area contributed by atoms with Crippen LogP contribution in [0.5, 0.6) is 11.5 Å². The molecule has 2 aromatic rings. The molecule has 9 heteroatoms. The second-order valence-electron chi connectivity index (χ2n) is 10.5. The highest BCUT2D eigenvalue weighted by Crippen LogP contribution is 2.55. The van der Waals surface area contributed by atoms with E-state index < -0.39 is 34.5 Å². The highest BCUT2D eigenvalue weighted by atomic mass is 16.7. The van der Waals surface area contributed by atoms with Crippen LogP contribution in [0.1, 0.15) is 61.5 Å². The third kappa shape index (κ3) is 5.11. The molecule has 37 heavy (non-hydrogen) atoms. The zero-order valence-electron chi connectivity index (χ0n) is 20.8. The van der Waals surface area contributed by atoms with Crippen molar-refractivity contribution in [2.75, 3.05) is 12.1 Å². The highest BCUT2D eigenvalue weighted by molar-refractivity contribution is 6.02. The van der Waals surface area contributed by atoms with Gasteiger partial charge in [0.2, 0.25) is 12.4 Å². The molecule has 3 aliphatic rings. The van der Waals surface area contributed by atoms with E-state index in [1.165, 1.54) is 0 Å². The molecule has 0 bridgehead atoms. The van der Waals surface area contributed by atoms with E-state index in [2.05, 4.69) is 17.2 Å². The van der Waals surface area contributed by atoms with Crippen LogP contribution in [0.4, 0.5) is 5.69 Å². The number of carbonyl (C=O) groups excluding carboxylic acids is 3. The summed E-state index contributed by atoms with van der Waals surface area (Å²) >= 11 is 0. The van der Waals surface area contributed by atoms with Crippen molar-refractivity contribution >= 4 is 23.5 Å². The van der Waals surface area contributed by atoms with Gasteiger partial charge in [0.25, 0.3) is 5.91 Å². The minimum atomic E-state index is -2.21. The SMILES string of the molecule is CC(C)(C)OC(=O)C#CC(O)(CC1(c2ccc3c(c2)OCO3)CC1)C(=O)Nc1ccc2c(c1)COC2=O. The lowest BCUT2D eigenvalue weighted by molar-refractivity contribution is -0.147. The Hall–Kier alpha value is -4.03. The summed E-state index contributed by atoms with van der Waals surface area (Å²) < 4.78 is 21.2. The number of rotatable bonds is 5. The summed E-state index contributed by atoms with van der Waals surface area (Å²) in [5.74, 6) is 3.98. The number of anilines is 1. The monoisotopic (exact) mass is 505 g/mol. The first kappa shape index (κ1) is 24.7. The summed E-state index contributed by atoms with van der Waals surface area (Å²) in [5.41, 5.74) is -1.21. The molecule has 0 aromatic heterocycles. The lowest BCUT2D eigenvalue weighted by Crippen LogP contribution is -2.44. The van der Waals surface area contributed by atoms with Crippen molar-refractivity contribution in [2.45, 2.75) is 63.3 Å². The summed E-state index contributed by atoms with van der Waals surface area (Å²) in [7, 11) is 0. The van der Waals surface area contributed by atoms with E-state index in [-0.39, 0.29) is 19.8 Å². The van der Waals surface area contributed by atoms with Gasteiger partial charge in [0.05, 0.1) is 5.56 Å². The van der Waals surface area contributed by atoms with Gasteiger partial charge in [0.1, 0.15) is 12.2 Å². The van der Waals surface area contributed by atoms with Crippen LogP contribution in [0.25, 0.3) is 0 Å². The Balaban J connectivity index is 1.43. The van der Waals surface area contributed by atoms with Crippen LogP contribution in [0.2, 0.25) is 0 Å². The first-order chi connectivity index (χ1) is 17.5. The van der Waals surface area contributed by atoms with Crippen molar-refractivity contribution in [3.8, 4) is 23.3 Å². The molecule has 1 aliphatic carbocycles. The summed E-state index contributed by atoms with van der Waals surface area (Å²) in [6.07, 6.45) is 1.39. The molecule has 192 valence electrons. The van der Waals surface area contributed by atoms with Gasteiger partial charge >= 0.3 is 11.9 Å². The molecule has 1 atom stereocenters. The Morgan fingerprint density at radius 3 is 2.57 bits per heavy atom. The Kier molecular flexibility index (Phi) is 5.88. The number of carbonyl (C=O) groups is 3. The quantitative estimate of drug-likeness (QED) is 0.361. The standard InChI is InChI=1S/C28H27NO8/c1-26(2,3)37-23(30)8-9-28(33,25(32)29-19-5-6-20-17(12-19)14-34-24(20)31)15-27(10-11-27)18-4-7-21-22(13-18)36-16-35-21/h4-7,12-13,33H,10-11,14-16H2,1-3H3,(H,29,32).